The molecule has 16 heavy (non-hydrogen) atoms. The Kier molecular flexibility index (Phi) is 3.86. The highest BCUT2D eigenvalue weighted by atomic mass is 32.2. The van der Waals surface area contributed by atoms with E-state index in [1.54, 1.807) is 12.1 Å². The van der Waals surface area contributed by atoms with Crippen LogP contribution in [0.4, 0.5) is 0 Å². The van der Waals surface area contributed by atoms with Crippen LogP contribution in [0.3, 0.4) is 0 Å². The van der Waals surface area contributed by atoms with Crippen molar-refractivity contribution in [2.75, 3.05) is 6.26 Å². The predicted molar refractivity (Wildman–Crippen MR) is 63.4 cm³/mol. The Bertz CT molecular complexity index is 501. The van der Waals surface area contributed by atoms with E-state index in [1.807, 2.05) is 13.8 Å². The highest BCUT2D eigenvalue weighted by Crippen LogP contribution is 2.20. The summed E-state index contributed by atoms with van der Waals surface area (Å²) in [5, 5.41) is 0. The molecule has 0 aliphatic carbocycles. The van der Waals surface area contributed by atoms with Gasteiger partial charge in [-0.3, -0.25) is 0 Å². The maximum absolute atomic E-state index is 11.5. The molecule has 1 rings (SSSR count). The number of aldehydes is 1. The molecule has 0 unspecified atom stereocenters. The van der Waals surface area contributed by atoms with E-state index in [2.05, 4.69) is 0 Å². The van der Waals surface area contributed by atoms with Crippen LogP contribution in [0.1, 0.15) is 23.1 Å². The molecule has 0 saturated heterocycles. The van der Waals surface area contributed by atoms with E-state index in [4.69, 9.17) is 0 Å². The summed E-state index contributed by atoms with van der Waals surface area (Å²) in [6.07, 6.45) is 3.07. The molecule has 88 valence electrons. The van der Waals surface area contributed by atoms with Crippen LogP contribution in [0.5, 0.6) is 0 Å². The van der Waals surface area contributed by atoms with Crippen LogP contribution >= 0.6 is 0 Å². The first-order valence-corrected chi connectivity index (χ1v) is 6.99. The van der Waals surface area contributed by atoms with Crippen molar-refractivity contribution in [2.45, 2.75) is 31.6 Å². The van der Waals surface area contributed by atoms with Gasteiger partial charge < -0.3 is 4.79 Å². The van der Waals surface area contributed by atoms with E-state index in [-0.39, 0.29) is 0 Å². The molecule has 0 aliphatic heterocycles. The summed E-state index contributed by atoms with van der Waals surface area (Å²) in [5.41, 5.74) is 2.95. The van der Waals surface area contributed by atoms with Crippen molar-refractivity contribution in [3.05, 3.63) is 28.8 Å². The maximum atomic E-state index is 11.5. The van der Waals surface area contributed by atoms with E-state index >= 15 is 0 Å². The molecule has 3 nitrogen and oxygen atoms in total. The van der Waals surface area contributed by atoms with Gasteiger partial charge in [0.1, 0.15) is 6.29 Å². The maximum Gasteiger partial charge on any atom is 0.175 e. The lowest BCUT2D eigenvalue weighted by Gasteiger charge is -2.10. The van der Waals surface area contributed by atoms with Gasteiger partial charge in [-0.25, -0.2) is 8.42 Å². The van der Waals surface area contributed by atoms with Crippen LogP contribution in [0.25, 0.3) is 0 Å². The first kappa shape index (κ1) is 12.9. The van der Waals surface area contributed by atoms with Crippen molar-refractivity contribution >= 4 is 16.1 Å². The second-order valence-corrected chi connectivity index (χ2v) is 6.02. The summed E-state index contributed by atoms with van der Waals surface area (Å²) < 4.78 is 22.9. The van der Waals surface area contributed by atoms with Crippen molar-refractivity contribution < 1.29 is 13.2 Å². The van der Waals surface area contributed by atoms with Crippen LogP contribution in [0.15, 0.2) is 17.0 Å². The number of hydrogen-bond acceptors (Lipinski definition) is 3. The van der Waals surface area contributed by atoms with Gasteiger partial charge in [0.2, 0.25) is 0 Å². The number of carbonyl (C=O) groups excluding carboxylic acids is 1. The van der Waals surface area contributed by atoms with E-state index in [9.17, 15) is 13.2 Å². The summed E-state index contributed by atoms with van der Waals surface area (Å²) >= 11 is 0. The zero-order valence-corrected chi connectivity index (χ0v) is 10.6. The molecule has 4 heteroatoms. The zero-order valence-electron chi connectivity index (χ0n) is 9.78. The highest BCUT2D eigenvalue weighted by Gasteiger charge is 2.11. The molecule has 0 N–H and O–H groups in total. The lowest BCUT2D eigenvalue weighted by Crippen LogP contribution is -2.02. The molecular weight excluding hydrogens is 224 g/mol. The van der Waals surface area contributed by atoms with Crippen LogP contribution in [-0.4, -0.2) is 21.0 Å². The van der Waals surface area contributed by atoms with Gasteiger partial charge in [0.25, 0.3) is 0 Å². The molecule has 1 aromatic rings. The summed E-state index contributed by atoms with van der Waals surface area (Å²) in [6.45, 7) is 3.83. The first-order chi connectivity index (χ1) is 7.36. The Morgan fingerprint density at radius 1 is 1.25 bits per heavy atom. The third kappa shape index (κ3) is 2.92. The molecule has 0 spiro atoms. The molecule has 0 heterocycles. The Labute approximate surface area is 96.4 Å². The summed E-state index contributed by atoms with van der Waals surface area (Å²) in [4.78, 5) is 10.7. The minimum atomic E-state index is -3.18. The summed E-state index contributed by atoms with van der Waals surface area (Å²) in [6, 6.07) is 3.34. The highest BCUT2D eigenvalue weighted by molar-refractivity contribution is 7.90. The van der Waals surface area contributed by atoms with Crippen molar-refractivity contribution in [1.29, 1.82) is 0 Å². The minimum absolute atomic E-state index is 0.330. The fourth-order valence-electron chi connectivity index (χ4n) is 1.58. The van der Waals surface area contributed by atoms with Gasteiger partial charge in [-0.05, 0) is 49.1 Å². The summed E-state index contributed by atoms with van der Waals surface area (Å²) in [5.74, 6) is 0. The fourth-order valence-corrected chi connectivity index (χ4v) is 2.33. The topological polar surface area (TPSA) is 51.2 Å². The standard InChI is InChI=1S/C12H16O3S/c1-9-7-12(16(3,14)15)8-11(10(9)2)5-4-6-13/h6-8H,4-5H2,1-3H3. The van der Waals surface area contributed by atoms with Crippen molar-refractivity contribution in [2.24, 2.45) is 0 Å². The quantitative estimate of drug-likeness (QED) is 0.754. The lowest BCUT2D eigenvalue weighted by atomic mass is 10.00. The van der Waals surface area contributed by atoms with Gasteiger partial charge in [0.05, 0.1) is 4.90 Å². The SMILES string of the molecule is Cc1cc(S(C)(=O)=O)cc(CCC=O)c1C. The van der Waals surface area contributed by atoms with Crippen molar-refractivity contribution in [3.8, 4) is 0 Å². The Morgan fingerprint density at radius 2 is 1.88 bits per heavy atom. The molecule has 0 bridgehead atoms. The zero-order chi connectivity index (χ0) is 12.3. The normalized spacial score (nSPS) is 11.4. The third-order valence-electron chi connectivity index (χ3n) is 2.71. The lowest BCUT2D eigenvalue weighted by molar-refractivity contribution is -0.107. The number of hydrogen-bond donors (Lipinski definition) is 0. The molecule has 0 amide bonds. The Morgan fingerprint density at radius 3 is 2.38 bits per heavy atom. The third-order valence-corrected chi connectivity index (χ3v) is 3.80. The molecular formula is C12H16O3S. The van der Waals surface area contributed by atoms with Gasteiger partial charge in [-0.15, -0.1) is 0 Å². The smallest absolute Gasteiger partial charge is 0.175 e. The fraction of sp³-hybridized carbons (Fsp3) is 0.417. The van der Waals surface area contributed by atoms with E-state index in [0.29, 0.717) is 17.7 Å². The molecule has 0 aromatic heterocycles. The van der Waals surface area contributed by atoms with Crippen molar-refractivity contribution in [3.63, 3.8) is 0 Å². The molecule has 0 fully saturated rings. The molecule has 0 aliphatic rings. The average Bonchev–Trinajstić information content (AvgIpc) is 2.18. The Hall–Kier alpha value is -1.16. The Balaban J connectivity index is 3.27. The minimum Gasteiger partial charge on any atom is -0.303 e. The van der Waals surface area contributed by atoms with Crippen molar-refractivity contribution in [1.82, 2.24) is 0 Å². The molecule has 0 radical (unpaired) electrons. The number of carbonyl (C=O) groups is 1. The number of benzene rings is 1. The van der Waals surface area contributed by atoms with Gasteiger partial charge in [0, 0.05) is 12.7 Å². The van der Waals surface area contributed by atoms with E-state index in [1.165, 1.54) is 6.26 Å². The number of rotatable bonds is 4. The van der Waals surface area contributed by atoms with Gasteiger partial charge in [0.15, 0.2) is 9.84 Å². The van der Waals surface area contributed by atoms with Crippen LogP contribution in [-0.2, 0) is 21.1 Å². The second kappa shape index (κ2) is 4.78. The molecule has 1 aromatic carbocycles. The monoisotopic (exact) mass is 240 g/mol. The first-order valence-electron chi connectivity index (χ1n) is 5.10. The van der Waals surface area contributed by atoms with Gasteiger partial charge >= 0.3 is 0 Å². The van der Waals surface area contributed by atoms with Gasteiger partial charge in [-0.1, -0.05) is 0 Å². The number of sulfone groups is 1. The number of aryl methyl sites for hydroxylation is 2. The van der Waals surface area contributed by atoms with E-state index < -0.39 is 9.84 Å². The summed E-state index contributed by atoms with van der Waals surface area (Å²) in [7, 11) is -3.18. The van der Waals surface area contributed by atoms with Crippen LogP contribution < -0.4 is 0 Å². The van der Waals surface area contributed by atoms with E-state index in [0.717, 1.165) is 23.0 Å². The molecule has 0 atom stereocenters. The van der Waals surface area contributed by atoms with Gasteiger partial charge in [-0.2, -0.15) is 0 Å². The van der Waals surface area contributed by atoms with Crippen LogP contribution in [0.2, 0.25) is 0 Å². The second-order valence-electron chi connectivity index (χ2n) is 4.00. The predicted octanol–water partition coefficient (Wildman–Crippen LogP) is 1.84. The van der Waals surface area contributed by atoms with Crippen LogP contribution in [0, 0.1) is 13.8 Å². The molecule has 0 saturated carbocycles. The average molecular weight is 240 g/mol. The largest absolute Gasteiger partial charge is 0.303 e.